The Hall–Kier alpha value is -3.06. The number of nitrogens with zero attached hydrogens (tertiary/aromatic N) is 1. The zero-order chi connectivity index (χ0) is 20.8. The number of carbonyl (C=O) groups excluding carboxylic acids is 2. The fourth-order valence-electron chi connectivity index (χ4n) is 2.80. The normalized spacial score (nSPS) is 12.7. The summed E-state index contributed by atoms with van der Waals surface area (Å²) in [7, 11) is 1.36. The molecule has 0 aromatic heterocycles. The molecule has 0 unspecified atom stereocenters. The van der Waals surface area contributed by atoms with Crippen molar-refractivity contribution in [1.82, 2.24) is 0 Å². The molecule has 0 aliphatic carbocycles. The highest BCUT2D eigenvalue weighted by molar-refractivity contribution is 8.14. The van der Waals surface area contributed by atoms with Crippen LogP contribution in [0.2, 0.25) is 0 Å². The summed E-state index contributed by atoms with van der Waals surface area (Å²) in [4.78, 5) is 28.8. The number of anilines is 2. The minimum Gasteiger partial charge on any atom is -0.469 e. The van der Waals surface area contributed by atoms with Gasteiger partial charge in [-0.2, -0.15) is 0 Å². The number of esters is 1. The minimum atomic E-state index is -0.347. The molecule has 1 heterocycles. The minimum absolute atomic E-state index is 0.0963. The molecule has 3 rings (SSSR count). The number of hydrogen-bond acceptors (Lipinski definition) is 6. The second-order valence-electron chi connectivity index (χ2n) is 6.60. The summed E-state index contributed by atoms with van der Waals surface area (Å²) >= 11 is 1.32. The quantitative estimate of drug-likeness (QED) is 0.707. The van der Waals surface area contributed by atoms with Crippen LogP contribution in [0.1, 0.15) is 17.5 Å². The van der Waals surface area contributed by atoms with Gasteiger partial charge in [0, 0.05) is 11.4 Å². The Kier molecular flexibility index (Phi) is 6.72. The predicted octanol–water partition coefficient (Wildman–Crippen LogP) is 4.58. The van der Waals surface area contributed by atoms with Crippen molar-refractivity contribution in [2.24, 2.45) is 4.99 Å². The lowest BCUT2D eigenvalue weighted by Crippen LogP contribution is -2.16. The van der Waals surface area contributed by atoms with Gasteiger partial charge in [0.15, 0.2) is 0 Å². The van der Waals surface area contributed by atoms with E-state index in [1.165, 1.54) is 18.9 Å². The van der Waals surface area contributed by atoms with Gasteiger partial charge in [0.2, 0.25) is 5.91 Å². The third-order valence-electron chi connectivity index (χ3n) is 4.52. The molecule has 0 saturated heterocycles. The molecule has 1 aliphatic heterocycles. The van der Waals surface area contributed by atoms with E-state index in [0.29, 0.717) is 10.7 Å². The Balaban J connectivity index is 1.74. The molecule has 0 atom stereocenters. The van der Waals surface area contributed by atoms with E-state index < -0.39 is 0 Å². The average Bonchev–Trinajstić information content (AvgIpc) is 2.88. The number of rotatable bonds is 5. The van der Waals surface area contributed by atoms with Crippen LogP contribution in [0.5, 0.6) is 0 Å². The van der Waals surface area contributed by atoms with Gasteiger partial charge in [-0.05, 0) is 49.2 Å². The standard InChI is InChI=1S/C22H23N3O3S/c1-14-7-6-10-17(15(14)2)24-20(26)13-29-21-11-16(12-22(27)28-3)23-18-8-4-5-9-19(18)25-21/h4-11,23H,12-13H2,1-3H3,(H,24,26). The van der Waals surface area contributed by atoms with Gasteiger partial charge in [-0.25, -0.2) is 4.99 Å². The smallest absolute Gasteiger partial charge is 0.311 e. The molecule has 0 fully saturated rings. The van der Waals surface area contributed by atoms with Gasteiger partial charge in [0.25, 0.3) is 0 Å². The van der Waals surface area contributed by atoms with Crippen molar-refractivity contribution in [2.75, 3.05) is 23.5 Å². The highest BCUT2D eigenvalue weighted by Crippen LogP contribution is 2.31. The number of methoxy groups -OCH3 is 1. The maximum atomic E-state index is 12.5. The van der Waals surface area contributed by atoms with Crippen LogP contribution in [0.15, 0.2) is 59.2 Å². The molecular formula is C22H23N3O3S. The van der Waals surface area contributed by atoms with E-state index in [4.69, 9.17) is 4.74 Å². The van der Waals surface area contributed by atoms with Crippen molar-refractivity contribution in [3.8, 4) is 0 Å². The maximum absolute atomic E-state index is 12.5. The molecule has 0 saturated carbocycles. The fraction of sp³-hybridized carbons (Fsp3) is 0.227. The van der Waals surface area contributed by atoms with E-state index in [1.54, 1.807) is 6.08 Å². The predicted molar refractivity (Wildman–Crippen MR) is 119 cm³/mol. The zero-order valence-electron chi connectivity index (χ0n) is 16.6. The molecule has 6 nitrogen and oxygen atoms in total. The van der Waals surface area contributed by atoms with Crippen molar-refractivity contribution in [3.05, 3.63) is 65.4 Å². The largest absolute Gasteiger partial charge is 0.469 e. The van der Waals surface area contributed by atoms with Crippen molar-refractivity contribution >= 4 is 45.7 Å². The van der Waals surface area contributed by atoms with Gasteiger partial charge < -0.3 is 15.4 Å². The van der Waals surface area contributed by atoms with E-state index in [-0.39, 0.29) is 24.1 Å². The van der Waals surface area contributed by atoms with E-state index >= 15 is 0 Å². The number of thioether (sulfide) groups is 1. The first-order chi connectivity index (χ1) is 14.0. The van der Waals surface area contributed by atoms with Crippen molar-refractivity contribution in [3.63, 3.8) is 0 Å². The average molecular weight is 410 g/mol. The van der Waals surface area contributed by atoms with E-state index in [2.05, 4.69) is 15.6 Å². The summed E-state index contributed by atoms with van der Waals surface area (Å²) in [6.07, 6.45) is 1.88. The number of aryl methyl sites for hydroxylation is 1. The highest BCUT2D eigenvalue weighted by Gasteiger charge is 2.15. The summed E-state index contributed by atoms with van der Waals surface area (Å²) < 4.78 is 4.77. The summed E-state index contributed by atoms with van der Waals surface area (Å²) in [5.41, 5.74) is 5.21. The fourth-order valence-corrected chi connectivity index (χ4v) is 3.53. The molecule has 1 aliphatic rings. The molecule has 1 amide bonds. The van der Waals surface area contributed by atoms with E-state index in [0.717, 1.165) is 28.2 Å². The monoisotopic (exact) mass is 409 g/mol. The molecular weight excluding hydrogens is 386 g/mol. The molecule has 0 radical (unpaired) electrons. The summed E-state index contributed by atoms with van der Waals surface area (Å²) in [5, 5.41) is 6.83. The van der Waals surface area contributed by atoms with Crippen LogP contribution in [0.3, 0.4) is 0 Å². The molecule has 2 N–H and O–H groups in total. The number of para-hydroxylation sites is 2. The van der Waals surface area contributed by atoms with Crippen LogP contribution in [-0.4, -0.2) is 29.8 Å². The second kappa shape index (κ2) is 9.43. The maximum Gasteiger partial charge on any atom is 0.311 e. The lowest BCUT2D eigenvalue weighted by atomic mass is 10.1. The van der Waals surface area contributed by atoms with Crippen molar-refractivity contribution in [1.29, 1.82) is 0 Å². The number of aliphatic imine (C=N–C) groups is 1. The lowest BCUT2D eigenvalue weighted by molar-refractivity contribution is -0.139. The number of hydrogen-bond donors (Lipinski definition) is 2. The molecule has 0 spiro atoms. The van der Waals surface area contributed by atoms with Crippen LogP contribution in [0.25, 0.3) is 0 Å². The Bertz CT molecular complexity index is 999. The topological polar surface area (TPSA) is 79.8 Å². The van der Waals surface area contributed by atoms with Crippen LogP contribution in [0.4, 0.5) is 17.1 Å². The van der Waals surface area contributed by atoms with Gasteiger partial charge in [-0.15, -0.1) is 0 Å². The SMILES string of the molecule is COC(=O)CC1=CC(SCC(=O)Nc2cccc(C)c2C)=Nc2ccccc2N1. The summed E-state index contributed by atoms with van der Waals surface area (Å²) in [5.74, 6) is -0.254. The van der Waals surface area contributed by atoms with Gasteiger partial charge in [0.1, 0.15) is 0 Å². The molecule has 7 heteroatoms. The Morgan fingerprint density at radius 3 is 2.72 bits per heavy atom. The number of benzene rings is 2. The lowest BCUT2D eigenvalue weighted by Gasteiger charge is -2.10. The van der Waals surface area contributed by atoms with Crippen molar-refractivity contribution in [2.45, 2.75) is 20.3 Å². The van der Waals surface area contributed by atoms with Crippen LogP contribution in [0, 0.1) is 13.8 Å². The van der Waals surface area contributed by atoms with Crippen molar-refractivity contribution < 1.29 is 14.3 Å². The first-order valence-electron chi connectivity index (χ1n) is 9.17. The molecule has 0 bridgehead atoms. The number of nitrogens with one attached hydrogen (secondary N) is 2. The summed E-state index contributed by atoms with van der Waals surface area (Å²) in [6.45, 7) is 4.00. The van der Waals surface area contributed by atoms with Gasteiger partial charge in [0.05, 0.1) is 35.7 Å². The Labute approximate surface area is 174 Å². The molecule has 2 aromatic carbocycles. The van der Waals surface area contributed by atoms with Gasteiger partial charge in [-0.1, -0.05) is 36.0 Å². The number of carbonyl (C=O) groups is 2. The molecule has 150 valence electrons. The third kappa shape index (κ3) is 5.48. The second-order valence-corrected chi connectivity index (χ2v) is 7.59. The Morgan fingerprint density at radius 1 is 1.14 bits per heavy atom. The van der Waals surface area contributed by atoms with E-state index in [9.17, 15) is 9.59 Å². The van der Waals surface area contributed by atoms with Gasteiger partial charge in [-0.3, -0.25) is 9.59 Å². The Morgan fingerprint density at radius 2 is 1.93 bits per heavy atom. The zero-order valence-corrected chi connectivity index (χ0v) is 17.4. The third-order valence-corrected chi connectivity index (χ3v) is 5.43. The number of fused-ring (bicyclic) bond motifs is 1. The first-order valence-corrected chi connectivity index (χ1v) is 10.2. The molecule has 2 aromatic rings. The van der Waals surface area contributed by atoms with Crippen LogP contribution >= 0.6 is 11.8 Å². The molecule has 29 heavy (non-hydrogen) atoms. The van der Waals surface area contributed by atoms with E-state index in [1.807, 2.05) is 56.3 Å². The van der Waals surface area contributed by atoms with Gasteiger partial charge >= 0.3 is 5.97 Å². The number of ether oxygens (including phenoxy) is 1. The van der Waals surface area contributed by atoms with Crippen LogP contribution in [-0.2, 0) is 14.3 Å². The first kappa shape index (κ1) is 20.7. The highest BCUT2D eigenvalue weighted by atomic mass is 32.2. The van der Waals surface area contributed by atoms with Crippen LogP contribution < -0.4 is 10.6 Å². The summed E-state index contributed by atoms with van der Waals surface area (Å²) in [6, 6.07) is 13.4. The number of amides is 1.